The van der Waals surface area contributed by atoms with Gasteiger partial charge in [0.1, 0.15) is 5.82 Å². The lowest BCUT2D eigenvalue weighted by atomic mass is 9.91. The van der Waals surface area contributed by atoms with Crippen molar-refractivity contribution >= 4 is 34.1 Å². The molecule has 0 amide bonds. The third kappa shape index (κ3) is 2.69. The standard InChI is InChI=1S/C14H18N6S/c1-14(2,10-5-4-6-21-10)8-16-11-9-7-17-20-12(9)19-13(15-3)18-11/h4-7H,8H2,1-3H3,(H3,15,16,17,18,19,20). The quantitative estimate of drug-likeness (QED) is 0.675. The Morgan fingerprint density at radius 1 is 1.33 bits per heavy atom. The molecule has 0 radical (unpaired) electrons. The first-order chi connectivity index (χ1) is 10.1. The van der Waals surface area contributed by atoms with Gasteiger partial charge in [-0.25, -0.2) is 0 Å². The van der Waals surface area contributed by atoms with Crippen molar-refractivity contribution in [1.29, 1.82) is 0 Å². The highest BCUT2D eigenvalue weighted by Gasteiger charge is 2.22. The summed E-state index contributed by atoms with van der Waals surface area (Å²) in [4.78, 5) is 10.2. The van der Waals surface area contributed by atoms with Gasteiger partial charge in [0.15, 0.2) is 5.65 Å². The van der Waals surface area contributed by atoms with Crippen LogP contribution in [0.5, 0.6) is 0 Å². The average molecular weight is 302 g/mol. The Morgan fingerprint density at radius 2 is 2.19 bits per heavy atom. The van der Waals surface area contributed by atoms with Crippen LogP contribution in [0.25, 0.3) is 11.0 Å². The summed E-state index contributed by atoms with van der Waals surface area (Å²) in [6.45, 7) is 5.23. The van der Waals surface area contributed by atoms with Gasteiger partial charge in [0.25, 0.3) is 0 Å². The van der Waals surface area contributed by atoms with Crippen molar-refractivity contribution in [3.63, 3.8) is 0 Å². The number of aromatic amines is 1. The fourth-order valence-electron chi connectivity index (χ4n) is 2.14. The molecule has 0 unspecified atom stereocenters. The lowest BCUT2D eigenvalue weighted by molar-refractivity contribution is 0.568. The molecule has 110 valence electrons. The Balaban J connectivity index is 1.86. The van der Waals surface area contributed by atoms with Crippen LogP contribution in [0.4, 0.5) is 11.8 Å². The highest BCUT2D eigenvalue weighted by Crippen LogP contribution is 2.28. The molecule has 0 saturated heterocycles. The van der Waals surface area contributed by atoms with Crippen LogP contribution in [0.15, 0.2) is 23.7 Å². The first-order valence-corrected chi connectivity index (χ1v) is 7.65. The fourth-order valence-corrected chi connectivity index (χ4v) is 2.99. The molecule has 3 rings (SSSR count). The van der Waals surface area contributed by atoms with E-state index in [1.807, 2.05) is 0 Å². The average Bonchev–Trinajstić information content (AvgIpc) is 3.15. The van der Waals surface area contributed by atoms with E-state index >= 15 is 0 Å². The van der Waals surface area contributed by atoms with Crippen molar-refractivity contribution in [3.8, 4) is 0 Å². The van der Waals surface area contributed by atoms with Gasteiger partial charge in [-0.05, 0) is 11.4 Å². The van der Waals surface area contributed by atoms with E-state index in [9.17, 15) is 0 Å². The molecule has 0 bridgehead atoms. The Labute approximate surface area is 127 Å². The number of fused-ring (bicyclic) bond motifs is 1. The molecule has 0 aliphatic heterocycles. The summed E-state index contributed by atoms with van der Waals surface area (Å²) >= 11 is 1.77. The summed E-state index contributed by atoms with van der Waals surface area (Å²) in [5, 5.41) is 16.3. The molecule has 6 nitrogen and oxygen atoms in total. The van der Waals surface area contributed by atoms with E-state index in [1.54, 1.807) is 24.6 Å². The van der Waals surface area contributed by atoms with E-state index in [4.69, 9.17) is 0 Å². The number of thiophene rings is 1. The van der Waals surface area contributed by atoms with Crippen LogP contribution >= 0.6 is 11.3 Å². The van der Waals surface area contributed by atoms with E-state index in [0.29, 0.717) is 5.95 Å². The maximum Gasteiger partial charge on any atom is 0.226 e. The molecular weight excluding hydrogens is 284 g/mol. The van der Waals surface area contributed by atoms with Gasteiger partial charge in [0.2, 0.25) is 5.95 Å². The smallest absolute Gasteiger partial charge is 0.226 e. The molecule has 0 saturated carbocycles. The Kier molecular flexibility index (Phi) is 3.50. The maximum absolute atomic E-state index is 4.49. The van der Waals surface area contributed by atoms with Crippen LogP contribution in [0.1, 0.15) is 18.7 Å². The summed E-state index contributed by atoms with van der Waals surface area (Å²) in [7, 11) is 1.80. The second-order valence-electron chi connectivity index (χ2n) is 5.49. The lowest BCUT2D eigenvalue weighted by Gasteiger charge is -2.24. The van der Waals surface area contributed by atoms with Crippen LogP contribution in [0, 0.1) is 0 Å². The Bertz CT molecular complexity index is 731. The van der Waals surface area contributed by atoms with Crippen LogP contribution < -0.4 is 10.6 Å². The van der Waals surface area contributed by atoms with Gasteiger partial charge in [0.05, 0.1) is 11.6 Å². The number of anilines is 2. The number of rotatable bonds is 5. The van der Waals surface area contributed by atoms with E-state index in [2.05, 4.69) is 62.2 Å². The normalized spacial score (nSPS) is 11.8. The van der Waals surface area contributed by atoms with Gasteiger partial charge < -0.3 is 10.6 Å². The molecule has 0 spiro atoms. The van der Waals surface area contributed by atoms with Gasteiger partial charge >= 0.3 is 0 Å². The Hall–Kier alpha value is -2.15. The SMILES string of the molecule is CNc1nc(NCC(C)(C)c2cccs2)c2cn[nH]c2n1. The van der Waals surface area contributed by atoms with Crippen molar-refractivity contribution in [2.45, 2.75) is 19.3 Å². The molecule has 3 heterocycles. The van der Waals surface area contributed by atoms with Gasteiger partial charge in [-0.3, -0.25) is 5.10 Å². The molecule has 21 heavy (non-hydrogen) atoms. The monoisotopic (exact) mass is 302 g/mol. The highest BCUT2D eigenvalue weighted by atomic mass is 32.1. The molecule has 7 heteroatoms. The van der Waals surface area contributed by atoms with Gasteiger partial charge in [-0.2, -0.15) is 15.1 Å². The third-order valence-electron chi connectivity index (χ3n) is 3.42. The van der Waals surface area contributed by atoms with E-state index < -0.39 is 0 Å². The minimum Gasteiger partial charge on any atom is -0.368 e. The maximum atomic E-state index is 4.49. The minimum absolute atomic E-state index is 0.0367. The number of hydrogen-bond donors (Lipinski definition) is 3. The number of hydrogen-bond acceptors (Lipinski definition) is 6. The largest absolute Gasteiger partial charge is 0.368 e. The van der Waals surface area contributed by atoms with E-state index in [0.717, 1.165) is 23.4 Å². The van der Waals surface area contributed by atoms with Crippen molar-refractivity contribution in [3.05, 3.63) is 28.6 Å². The van der Waals surface area contributed by atoms with Gasteiger partial charge in [0, 0.05) is 23.9 Å². The fraction of sp³-hybridized carbons (Fsp3) is 0.357. The summed E-state index contributed by atoms with van der Waals surface area (Å²) in [5.41, 5.74) is 0.764. The van der Waals surface area contributed by atoms with Crippen molar-refractivity contribution in [2.24, 2.45) is 0 Å². The Morgan fingerprint density at radius 3 is 2.90 bits per heavy atom. The first kappa shape index (κ1) is 13.8. The zero-order valence-electron chi connectivity index (χ0n) is 12.3. The van der Waals surface area contributed by atoms with Crippen molar-refractivity contribution in [1.82, 2.24) is 20.2 Å². The summed E-state index contributed by atoms with van der Waals surface area (Å²) in [6, 6.07) is 4.25. The minimum atomic E-state index is 0.0367. The molecule has 0 aromatic carbocycles. The number of nitrogens with zero attached hydrogens (tertiary/aromatic N) is 3. The summed E-state index contributed by atoms with van der Waals surface area (Å²) in [5.74, 6) is 1.37. The van der Waals surface area contributed by atoms with Gasteiger partial charge in [-0.1, -0.05) is 19.9 Å². The number of aromatic nitrogens is 4. The van der Waals surface area contributed by atoms with Crippen LogP contribution in [-0.4, -0.2) is 33.8 Å². The number of nitrogens with one attached hydrogen (secondary N) is 3. The molecule has 3 aromatic heterocycles. The first-order valence-electron chi connectivity index (χ1n) is 6.77. The summed E-state index contributed by atoms with van der Waals surface area (Å²) in [6.07, 6.45) is 1.75. The summed E-state index contributed by atoms with van der Waals surface area (Å²) < 4.78 is 0. The topological polar surface area (TPSA) is 78.5 Å². The molecule has 0 fully saturated rings. The van der Waals surface area contributed by atoms with Crippen LogP contribution in [0.3, 0.4) is 0 Å². The molecule has 0 aliphatic carbocycles. The van der Waals surface area contributed by atoms with Crippen molar-refractivity contribution < 1.29 is 0 Å². The predicted octanol–water partition coefficient (Wildman–Crippen LogP) is 2.85. The molecule has 3 N–H and O–H groups in total. The second-order valence-corrected chi connectivity index (χ2v) is 6.44. The highest BCUT2D eigenvalue weighted by molar-refractivity contribution is 7.10. The zero-order chi connectivity index (χ0) is 14.9. The van der Waals surface area contributed by atoms with Crippen LogP contribution in [0.2, 0.25) is 0 Å². The predicted molar refractivity (Wildman–Crippen MR) is 87.1 cm³/mol. The second kappa shape index (κ2) is 5.33. The van der Waals surface area contributed by atoms with Gasteiger partial charge in [-0.15, -0.1) is 11.3 Å². The molecule has 0 atom stereocenters. The van der Waals surface area contributed by atoms with E-state index in [1.165, 1.54) is 4.88 Å². The lowest BCUT2D eigenvalue weighted by Crippen LogP contribution is -2.27. The zero-order valence-corrected chi connectivity index (χ0v) is 13.1. The van der Waals surface area contributed by atoms with E-state index in [-0.39, 0.29) is 5.41 Å². The third-order valence-corrected chi connectivity index (χ3v) is 4.66. The molecule has 3 aromatic rings. The molecular formula is C14H18N6S. The molecule has 0 aliphatic rings. The van der Waals surface area contributed by atoms with Crippen molar-refractivity contribution in [2.75, 3.05) is 24.2 Å². The number of H-pyrrole nitrogens is 1. The van der Waals surface area contributed by atoms with Crippen LogP contribution in [-0.2, 0) is 5.41 Å².